The molecule has 0 bridgehead atoms. The van der Waals surface area contributed by atoms with Gasteiger partial charge >= 0.3 is 0 Å². The van der Waals surface area contributed by atoms with Crippen molar-refractivity contribution in [3.05, 3.63) is 64.6 Å². The van der Waals surface area contributed by atoms with Crippen LogP contribution in [0.3, 0.4) is 0 Å². The minimum atomic E-state index is -0.796. The quantitative estimate of drug-likeness (QED) is 0.114. The summed E-state index contributed by atoms with van der Waals surface area (Å²) in [6.07, 6.45) is 5.66. The van der Waals surface area contributed by atoms with Crippen LogP contribution in [0.15, 0.2) is 42.1 Å². The number of benzene rings is 1. The van der Waals surface area contributed by atoms with Crippen LogP contribution in [0.4, 0.5) is 0 Å². The molecule has 1 aromatic carbocycles. The summed E-state index contributed by atoms with van der Waals surface area (Å²) in [6.45, 7) is 13.7. The lowest BCUT2D eigenvalue weighted by Crippen LogP contribution is -2.33. The Morgan fingerprint density at radius 2 is 1.81 bits per heavy atom. The molecule has 42 heavy (non-hydrogen) atoms. The third-order valence-electron chi connectivity index (χ3n) is 8.12. The van der Waals surface area contributed by atoms with Gasteiger partial charge in [-0.05, 0) is 75.6 Å². The lowest BCUT2D eigenvalue weighted by molar-refractivity contribution is -0.140. The van der Waals surface area contributed by atoms with Crippen LogP contribution in [0.1, 0.15) is 75.0 Å². The number of fused-ring (bicyclic) bond motifs is 1. The Balaban J connectivity index is 1.80. The molecular weight excluding hydrogens is 532 g/mol. The minimum Gasteiger partial charge on any atom is -0.505 e. The van der Waals surface area contributed by atoms with E-state index in [4.69, 9.17) is 14.5 Å². The number of unbranched alkanes of at least 4 members (excludes halogenated alkanes) is 2. The van der Waals surface area contributed by atoms with Gasteiger partial charge in [0.15, 0.2) is 17.3 Å². The van der Waals surface area contributed by atoms with E-state index in [1.807, 2.05) is 48.7 Å². The van der Waals surface area contributed by atoms with E-state index in [1.165, 1.54) is 0 Å². The van der Waals surface area contributed by atoms with Crippen molar-refractivity contribution < 1.29 is 24.2 Å². The van der Waals surface area contributed by atoms with Gasteiger partial charge in [-0.25, -0.2) is 4.98 Å². The summed E-state index contributed by atoms with van der Waals surface area (Å²) in [5, 5.41) is 11.7. The number of ether oxygens (including phenoxy) is 2. The van der Waals surface area contributed by atoms with Crippen molar-refractivity contribution in [2.75, 3.05) is 39.9 Å². The summed E-state index contributed by atoms with van der Waals surface area (Å²) in [7, 11) is 1.57. The van der Waals surface area contributed by atoms with Crippen LogP contribution in [0.2, 0.25) is 0 Å². The second-order valence-electron chi connectivity index (χ2n) is 10.8. The molecule has 1 atom stereocenters. The number of aliphatic hydroxyl groups is 1. The van der Waals surface area contributed by atoms with Crippen LogP contribution in [0, 0.1) is 13.8 Å². The molecule has 1 amide bonds. The molecule has 3 aromatic rings. The highest BCUT2D eigenvalue weighted by Gasteiger charge is 2.46. The fraction of sp³-hybridized carbons (Fsp3) is 0.485. The van der Waals surface area contributed by atoms with Gasteiger partial charge in [-0.2, -0.15) is 0 Å². The van der Waals surface area contributed by atoms with E-state index >= 15 is 0 Å². The van der Waals surface area contributed by atoms with E-state index in [0.717, 1.165) is 44.5 Å². The molecule has 0 spiro atoms. The van der Waals surface area contributed by atoms with E-state index in [-0.39, 0.29) is 11.3 Å². The van der Waals surface area contributed by atoms with Gasteiger partial charge in [-0.15, -0.1) is 0 Å². The first-order chi connectivity index (χ1) is 20.3. The molecule has 0 radical (unpaired) electrons. The van der Waals surface area contributed by atoms with Gasteiger partial charge in [0.2, 0.25) is 0 Å². The molecule has 1 N–H and O–H groups in total. The summed E-state index contributed by atoms with van der Waals surface area (Å²) in [4.78, 5) is 35.7. The third kappa shape index (κ3) is 6.16. The van der Waals surface area contributed by atoms with Crippen molar-refractivity contribution in [3.63, 3.8) is 0 Å². The lowest BCUT2D eigenvalue weighted by Gasteiger charge is -2.27. The Hall–Kier alpha value is -3.85. The van der Waals surface area contributed by atoms with Gasteiger partial charge in [-0.1, -0.05) is 45.7 Å². The molecule has 1 fully saturated rings. The predicted molar refractivity (Wildman–Crippen MR) is 164 cm³/mol. The molecule has 2 aromatic heterocycles. The zero-order valence-electron chi connectivity index (χ0n) is 25.8. The smallest absolute Gasteiger partial charge is 0.295 e. The summed E-state index contributed by atoms with van der Waals surface area (Å²) in [6, 6.07) is 8.52. The first-order valence-corrected chi connectivity index (χ1v) is 15.0. The number of nitrogens with zero attached hydrogens (tertiary/aromatic N) is 4. The molecule has 1 saturated heterocycles. The van der Waals surface area contributed by atoms with E-state index in [9.17, 15) is 14.7 Å². The first-order valence-electron chi connectivity index (χ1n) is 15.0. The molecule has 0 aliphatic carbocycles. The number of pyridine rings is 1. The molecule has 1 aliphatic heterocycles. The fourth-order valence-electron chi connectivity index (χ4n) is 5.64. The zero-order valence-corrected chi connectivity index (χ0v) is 25.8. The second-order valence-corrected chi connectivity index (χ2v) is 10.8. The molecule has 0 saturated carbocycles. The van der Waals surface area contributed by atoms with Crippen molar-refractivity contribution in [2.45, 2.75) is 66.3 Å². The summed E-state index contributed by atoms with van der Waals surface area (Å²) >= 11 is 0. The van der Waals surface area contributed by atoms with Gasteiger partial charge in [-0.3, -0.25) is 9.59 Å². The number of aromatic nitrogens is 2. The van der Waals surface area contributed by atoms with Crippen LogP contribution in [-0.2, 0) is 9.59 Å². The van der Waals surface area contributed by atoms with Crippen molar-refractivity contribution in [1.29, 1.82) is 0 Å². The van der Waals surface area contributed by atoms with E-state index < -0.39 is 17.7 Å². The summed E-state index contributed by atoms with van der Waals surface area (Å²) in [5.74, 6) is -0.506. The van der Waals surface area contributed by atoms with Gasteiger partial charge in [0.25, 0.3) is 11.7 Å². The number of Topliss-reactive ketones (excluding diaryl/α,β-unsaturated/α-hetero) is 1. The van der Waals surface area contributed by atoms with Crippen LogP contribution in [-0.4, -0.2) is 75.9 Å². The average Bonchev–Trinajstić information content (AvgIpc) is 3.47. The highest BCUT2D eigenvalue weighted by molar-refractivity contribution is 6.46. The molecule has 9 heteroatoms. The Labute approximate surface area is 248 Å². The average molecular weight is 577 g/mol. The summed E-state index contributed by atoms with van der Waals surface area (Å²) < 4.78 is 13.5. The highest BCUT2D eigenvalue weighted by Crippen LogP contribution is 2.42. The second kappa shape index (κ2) is 13.9. The maximum Gasteiger partial charge on any atom is 0.295 e. The number of amides is 1. The number of methoxy groups -OCH3 is 1. The molecule has 4 rings (SSSR count). The van der Waals surface area contributed by atoms with Crippen molar-refractivity contribution in [1.82, 2.24) is 19.2 Å². The predicted octanol–water partition coefficient (Wildman–Crippen LogP) is 5.68. The summed E-state index contributed by atoms with van der Waals surface area (Å²) in [5.41, 5.74) is 3.30. The molecule has 9 nitrogen and oxygen atoms in total. The van der Waals surface area contributed by atoms with Crippen molar-refractivity contribution >= 4 is 23.1 Å². The van der Waals surface area contributed by atoms with Crippen LogP contribution in [0.5, 0.6) is 11.5 Å². The topological polar surface area (TPSA) is 96.6 Å². The standard InChI is InChI=1S/C33H44N4O5/c1-7-10-11-20-42-25-16-15-24(21-26(25)41-6)29-27(31(39)33(40)37(29)19-13-17-35(8-2)9-3)30(38)28-23(5)36-18-12-14-22(4)32(36)34-28/h12,14-16,18,21,29,38H,7-11,13,17,19-20H2,1-6H3. The molecule has 226 valence electrons. The maximum atomic E-state index is 13.6. The normalized spacial score (nSPS) is 16.6. The number of likely N-dealkylation sites (tertiary alicyclic amines) is 1. The minimum absolute atomic E-state index is 0.0330. The van der Waals surface area contributed by atoms with E-state index in [2.05, 4.69) is 25.7 Å². The molecular formula is C33H44N4O5. The molecule has 3 heterocycles. The largest absolute Gasteiger partial charge is 0.505 e. The number of aryl methyl sites for hydroxylation is 2. The van der Waals surface area contributed by atoms with Crippen molar-refractivity contribution in [2.24, 2.45) is 0 Å². The number of imidazole rings is 1. The first kappa shape index (κ1) is 31.1. The lowest BCUT2D eigenvalue weighted by atomic mass is 9.96. The van der Waals surface area contributed by atoms with E-state index in [1.54, 1.807) is 18.1 Å². The number of carbonyl (C=O) groups excluding carboxylic acids is 2. The zero-order chi connectivity index (χ0) is 30.4. The Morgan fingerprint density at radius 1 is 1.05 bits per heavy atom. The third-order valence-corrected chi connectivity index (χ3v) is 8.12. The Morgan fingerprint density at radius 3 is 2.48 bits per heavy atom. The number of ketones is 1. The van der Waals surface area contributed by atoms with Gasteiger partial charge in [0.05, 0.1) is 31.0 Å². The molecule has 1 aliphatic rings. The van der Waals surface area contributed by atoms with Crippen LogP contribution < -0.4 is 9.47 Å². The molecule has 1 unspecified atom stereocenters. The fourth-order valence-corrected chi connectivity index (χ4v) is 5.64. The number of hydrogen-bond acceptors (Lipinski definition) is 7. The Bertz CT molecular complexity index is 1460. The van der Waals surface area contributed by atoms with E-state index in [0.29, 0.717) is 53.7 Å². The SMILES string of the molecule is CCCCCOc1ccc(C2C(=C(O)c3nc4c(C)cccn4c3C)C(=O)C(=O)N2CCCN(CC)CC)cc1OC. The van der Waals surface area contributed by atoms with Gasteiger partial charge in [0.1, 0.15) is 11.3 Å². The Kier molecular flexibility index (Phi) is 10.3. The number of hydrogen-bond donors (Lipinski definition) is 1. The van der Waals surface area contributed by atoms with Crippen molar-refractivity contribution in [3.8, 4) is 11.5 Å². The number of carbonyl (C=O) groups is 2. The number of rotatable bonds is 14. The highest BCUT2D eigenvalue weighted by atomic mass is 16.5. The van der Waals surface area contributed by atoms with Gasteiger partial charge in [0, 0.05) is 12.7 Å². The van der Waals surface area contributed by atoms with Gasteiger partial charge < -0.3 is 28.8 Å². The maximum absolute atomic E-state index is 13.6. The van der Waals surface area contributed by atoms with Crippen LogP contribution >= 0.6 is 0 Å². The number of aliphatic hydroxyl groups excluding tert-OH is 1. The van der Waals surface area contributed by atoms with Crippen LogP contribution in [0.25, 0.3) is 11.4 Å². The monoisotopic (exact) mass is 576 g/mol.